The van der Waals surface area contributed by atoms with Gasteiger partial charge in [-0.1, -0.05) is 208 Å². The van der Waals surface area contributed by atoms with Crippen LogP contribution in [0.5, 0.6) is 0 Å². The molecule has 0 fully saturated rings. The second-order valence-electron chi connectivity index (χ2n) is 16.6. The monoisotopic (exact) mass is 778 g/mol. The molecule has 10 aromatic rings. The fourth-order valence-electron chi connectivity index (χ4n) is 9.33. The van der Waals surface area contributed by atoms with Crippen LogP contribution in [-0.4, -0.2) is 9.97 Å². The first kappa shape index (κ1) is 36.4. The van der Waals surface area contributed by atoms with Crippen LogP contribution in [0.25, 0.3) is 100 Å². The molecule has 288 valence electrons. The molecule has 1 aromatic heterocycles. The second kappa shape index (κ2) is 14.9. The predicted molar refractivity (Wildman–Crippen MR) is 255 cm³/mol. The smallest absolute Gasteiger partial charge is 0.160 e. The van der Waals surface area contributed by atoms with Crippen molar-refractivity contribution in [2.45, 2.75) is 19.3 Å². The maximum absolute atomic E-state index is 5.23. The fourth-order valence-corrected chi connectivity index (χ4v) is 9.33. The molecule has 1 heterocycles. The molecule has 0 saturated heterocycles. The third kappa shape index (κ3) is 6.54. The van der Waals surface area contributed by atoms with Crippen molar-refractivity contribution in [2.75, 3.05) is 0 Å². The molecule has 0 radical (unpaired) electrons. The van der Waals surface area contributed by atoms with Gasteiger partial charge < -0.3 is 0 Å². The lowest BCUT2D eigenvalue weighted by molar-refractivity contribution is 0.660. The number of hydrogen-bond acceptors (Lipinski definition) is 2. The van der Waals surface area contributed by atoms with Gasteiger partial charge in [-0.05, 0) is 102 Å². The van der Waals surface area contributed by atoms with Gasteiger partial charge in [-0.15, -0.1) is 0 Å². The third-order valence-electron chi connectivity index (χ3n) is 12.5. The van der Waals surface area contributed by atoms with Gasteiger partial charge >= 0.3 is 0 Å². The van der Waals surface area contributed by atoms with E-state index in [0.717, 1.165) is 33.5 Å². The molecule has 0 bridgehead atoms. The number of fused-ring (bicyclic) bond motifs is 4. The standard InChI is InChI=1S/C59H42N2/c1-59(2)54-26-12-11-25-51(54)53-37-46(31-34-55(53)59)44-20-13-19-43(35-44)45-21-14-22-47(36-45)48-32-33-52(50-24-10-9-23-49(48)50)57-38-56(60-58(61-57)42-17-7-4-8-18-42)41-29-27-40(28-30-41)39-15-5-3-6-16-39/h3-38H,1-2H3. The van der Waals surface area contributed by atoms with Gasteiger partial charge in [0.2, 0.25) is 0 Å². The molecule has 1 aliphatic rings. The highest BCUT2D eigenvalue weighted by Gasteiger charge is 2.35. The van der Waals surface area contributed by atoms with Gasteiger partial charge in [0.25, 0.3) is 0 Å². The van der Waals surface area contributed by atoms with Crippen molar-refractivity contribution in [3.05, 3.63) is 230 Å². The minimum absolute atomic E-state index is 0.00607. The largest absolute Gasteiger partial charge is 0.228 e. The minimum Gasteiger partial charge on any atom is -0.228 e. The Bertz CT molecular complexity index is 3250. The first-order chi connectivity index (χ1) is 30.0. The number of benzene rings is 9. The van der Waals surface area contributed by atoms with Crippen LogP contribution < -0.4 is 0 Å². The molecule has 2 heteroatoms. The quantitative estimate of drug-likeness (QED) is 0.161. The van der Waals surface area contributed by atoms with Crippen LogP contribution in [-0.2, 0) is 5.41 Å². The predicted octanol–water partition coefficient (Wildman–Crippen LogP) is 15.6. The van der Waals surface area contributed by atoms with E-state index in [1.165, 1.54) is 72.1 Å². The lowest BCUT2D eigenvalue weighted by atomic mass is 9.82. The molecular weight excluding hydrogens is 737 g/mol. The van der Waals surface area contributed by atoms with Crippen LogP contribution in [0.3, 0.4) is 0 Å². The number of hydrogen-bond donors (Lipinski definition) is 0. The molecule has 0 unspecified atom stereocenters. The highest BCUT2D eigenvalue weighted by molar-refractivity contribution is 6.05. The summed E-state index contributed by atoms with van der Waals surface area (Å²) in [6.07, 6.45) is 0. The van der Waals surface area contributed by atoms with Crippen molar-refractivity contribution in [3.8, 4) is 89.5 Å². The second-order valence-corrected chi connectivity index (χ2v) is 16.6. The molecule has 2 nitrogen and oxygen atoms in total. The van der Waals surface area contributed by atoms with Gasteiger partial charge in [0, 0.05) is 22.1 Å². The number of aromatic nitrogens is 2. The summed E-state index contributed by atoms with van der Waals surface area (Å²) in [5.74, 6) is 0.705. The average Bonchev–Trinajstić information content (AvgIpc) is 3.56. The molecule has 0 spiro atoms. The van der Waals surface area contributed by atoms with E-state index in [0.29, 0.717) is 5.82 Å². The Morgan fingerprint density at radius 2 is 0.754 bits per heavy atom. The molecule has 0 N–H and O–H groups in total. The first-order valence-corrected chi connectivity index (χ1v) is 21.1. The third-order valence-corrected chi connectivity index (χ3v) is 12.5. The zero-order valence-corrected chi connectivity index (χ0v) is 34.2. The van der Waals surface area contributed by atoms with E-state index >= 15 is 0 Å². The van der Waals surface area contributed by atoms with E-state index in [1.807, 2.05) is 24.3 Å². The maximum Gasteiger partial charge on any atom is 0.160 e. The highest BCUT2D eigenvalue weighted by Crippen LogP contribution is 2.49. The lowest BCUT2D eigenvalue weighted by Gasteiger charge is -2.21. The van der Waals surface area contributed by atoms with Gasteiger partial charge in [0.15, 0.2) is 5.82 Å². The van der Waals surface area contributed by atoms with E-state index in [-0.39, 0.29) is 5.41 Å². The summed E-state index contributed by atoms with van der Waals surface area (Å²) in [5.41, 5.74) is 19.9. The molecule has 9 aromatic carbocycles. The molecule has 1 aliphatic carbocycles. The summed E-state index contributed by atoms with van der Waals surface area (Å²) >= 11 is 0. The molecule has 61 heavy (non-hydrogen) atoms. The average molecular weight is 779 g/mol. The summed E-state index contributed by atoms with van der Waals surface area (Å²) in [7, 11) is 0. The van der Waals surface area contributed by atoms with Crippen molar-refractivity contribution >= 4 is 10.8 Å². The van der Waals surface area contributed by atoms with Gasteiger partial charge in [-0.25, -0.2) is 9.97 Å². The molecule has 0 saturated carbocycles. The summed E-state index contributed by atoms with van der Waals surface area (Å²) in [4.78, 5) is 10.4. The van der Waals surface area contributed by atoms with Gasteiger partial charge in [0.1, 0.15) is 0 Å². The van der Waals surface area contributed by atoms with Crippen LogP contribution in [0.4, 0.5) is 0 Å². The van der Waals surface area contributed by atoms with Crippen LogP contribution in [0.1, 0.15) is 25.0 Å². The maximum atomic E-state index is 5.23. The Balaban J connectivity index is 0.966. The zero-order valence-electron chi connectivity index (χ0n) is 34.2. The first-order valence-electron chi connectivity index (χ1n) is 21.1. The van der Waals surface area contributed by atoms with Crippen LogP contribution in [0, 0.1) is 0 Å². The van der Waals surface area contributed by atoms with E-state index in [9.17, 15) is 0 Å². The van der Waals surface area contributed by atoms with Crippen molar-refractivity contribution in [2.24, 2.45) is 0 Å². The Labute approximate surface area is 357 Å². The highest BCUT2D eigenvalue weighted by atomic mass is 14.9. The van der Waals surface area contributed by atoms with Gasteiger partial charge in [0.05, 0.1) is 11.4 Å². The summed E-state index contributed by atoms with van der Waals surface area (Å²) in [6.45, 7) is 4.67. The van der Waals surface area contributed by atoms with Crippen molar-refractivity contribution in [3.63, 3.8) is 0 Å². The van der Waals surface area contributed by atoms with Gasteiger partial charge in [-0.3, -0.25) is 0 Å². The van der Waals surface area contributed by atoms with Crippen LogP contribution in [0.2, 0.25) is 0 Å². The van der Waals surface area contributed by atoms with Gasteiger partial charge in [-0.2, -0.15) is 0 Å². The Kier molecular flexibility index (Phi) is 8.86. The molecule has 0 atom stereocenters. The van der Waals surface area contributed by atoms with Crippen molar-refractivity contribution in [1.82, 2.24) is 9.97 Å². The summed E-state index contributed by atoms with van der Waals surface area (Å²) in [6, 6.07) is 78.6. The normalized spacial score (nSPS) is 12.6. The molecule has 11 rings (SSSR count). The zero-order chi connectivity index (χ0) is 40.9. The molecule has 0 aliphatic heterocycles. The van der Waals surface area contributed by atoms with E-state index in [2.05, 4.69) is 208 Å². The Morgan fingerprint density at radius 3 is 1.48 bits per heavy atom. The SMILES string of the molecule is CC1(C)c2ccccc2-c2cc(-c3cccc(-c4cccc(-c5ccc(-c6cc(-c7ccc(-c8ccccc8)cc7)nc(-c7ccccc7)n6)c6ccccc56)c4)c3)ccc21. The summed E-state index contributed by atoms with van der Waals surface area (Å²) in [5, 5.41) is 2.33. The van der Waals surface area contributed by atoms with E-state index in [4.69, 9.17) is 9.97 Å². The molecular formula is C59H42N2. The van der Waals surface area contributed by atoms with Crippen molar-refractivity contribution < 1.29 is 0 Å². The van der Waals surface area contributed by atoms with E-state index < -0.39 is 0 Å². The van der Waals surface area contributed by atoms with Crippen LogP contribution >= 0.6 is 0 Å². The van der Waals surface area contributed by atoms with Crippen LogP contribution in [0.15, 0.2) is 218 Å². The topological polar surface area (TPSA) is 25.8 Å². The number of nitrogens with zero attached hydrogens (tertiary/aromatic N) is 2. The minimum atomic E-state index is -0.00607. The lowest BCUT2D eigenvalue weighted by Crippen LogP contribution is -2.14. The fraction of sp³-hybridized carbons (Fsp3) is 0.0508. The van der Waals surface area contributed by atoms with E-state index in [1.54, 1.807) is 0 Å². The molecule has 0 amide bonds. The number of rotatable bonds is 7. The summed E-state index contributed by atoms with van der Waals surface area (Å²) < 4.78 is 0. The Morgan fingerprint density at radius 1 is 0.279 bits per heavy atom. The van der Waals surface area contributed by atoms with Crippen molar-refractivity contribution in [1.29, 1.82) is 0 Å². The Hall–Kier alpha value is -7.68.